The number of ketones is 1. The predicted molar refractivity (Wildman–Crippen MR) is 110 cm³/mol. The number of ether oxygens (including phenoxy) is 2. The second kappa shape index (κ2) is 8.31. The zero-order valence-corrected chi connectivity index (χ0v) is 17.6. The average molecular weight is 398 g/mol. The van der Waals surface area contributed by atoms with Gasteiger partial charge in [-0.1, -0.05) is 36.2 Å². The summed E-state index contributed by atoms with van der Waals surface area (Å²) in [6.45, 7) is 7.18. The Labute approximate surface area is 173 Å². The van der Waals surface area contributed by atoms with Crippen LogP contribution < -0.4 is 0 Å². The van der Waals surface area contributed by atoms with Gasteiger partial charge in [-0.2, -0.15) is 0 Å². The standard InChI is InChI=1S/C24H31NO4/c1-15(2)28-14-6-13-25-21(17-11-9-16(3)10-12-17)20-22(26)18-7-4-5-8-19(18)29-23(20)24(25)27/h9-12,15,18-19,21H,4-8,13-14H2,1-3H3. The molecule has 3 unspecified atom stereocenters. The molecule has 0 aromatic heterocycles. The maximum absolute atomic E-state index is 13.5. The van der Waals surface area contributed by atoms with Crippen molar-refractivity contribution in [3.63, 3.8) is 0 Å². The molecule has 2 aliphatic heterocycles. The molecule has 5 nitrogen and oxygen atoms in total. The summed E-state index contributed by atoms with van der Waals surface area (Å²) in [5.41, 5.74) is 2.71. The van der Waals surface area contributed by atoms with Gasteiger partial charge >= 0.3 is 0 Å². The van der Waals surface area contributed by atoms with E-state index in [0.717, 1.165) is 43.2 Å². The minimum Gasteiger partial charge on any atom is -0.483 e. The number of aryl methyl sites for hydroxylation is 1. The van der Waals surface area contributed by atoms with Crippen LogP contribution in [0.4, 0.5) is 0 Å². The summed E-state index contributed by atoms with van der Waals surface area (Å²) in [7, 11) is 0. The second-order valence-corrected chi connectivity index (χ2v) is 8.74. The minimum absolute atomic E-state index is 0.104. The SMILES string of the molecule is Cc1ccc(C2C3=C(OC4CCCCC4C3=O)C(=O)N2CCCOC(C)C)cc1. The van der Waals surface area contributed by atoms with Crippen molar-refractivity contribution < 1.29 is 19.1 Å². The van der Waals surface area contributed by atoms with E-state index < -0.39 is 0 Å². The Morgan fingerprint density at radius 3 is 2.59 bits per heavy atom. The molecule has 0 saturated heterocycles. The molecule has 0 radical (unpaired) electrons. The maximum atomic E-state index is 13.5. The molecule has 1 aliphatic carbocycles. The first kappa shape index (κ1) is 20.1. The number of benzene rings is 1. The minimum atomic E-state index is -0.354. The van der Waals surface area contributed by atoms with Gasteiger partial charge in [0.15, 0.2) is 11.5 Å². The van der Waals surface area contributed by atoms with Crippen molar-refractivity contribution >= 4 is 11.7 Å². The van der Waals surface area contributed by atoms with Crippen LogP contribution in [0, 0.1) is 12.8 Å². The third-order valence-corrected chi connectivity index (χ3v) is 6.25. The Kier molecular flexibility index (Phi) is 5.77. The average Bonchev–Trinajstić information content (AvgIpc) is 2.98. The van der Waals surface area contributed by atoms with Crippen molar-refractivity contribution in [1.29, 1.82) is 0 Å². The van der Waals surface area contributed by atoms with E-state index in [9.17, 15) is 9.59 Å². The smallest absolute Gasteiger partial charge is 0.290 e. The van der Waals surface area contributed by atoms with Gasteiger partial charge in [0, 0.05) is 13.2 Å². The number of amides is 1. The lowest BCUT2D eigenvalue weighted by atomic mass is 9.77. The third-order valence-electron chi connectivity index (χ3n) is 6.25. The van der Waals surface area contributed by atoms with E-state index in [1.165, 1.54) is 0 Å². The summed E-state index contributed by atoms with van der Waals surface area (Å²) in [6.07, 6.45) is 4.59. The van der Waals surface area contributed by atoms with E-state index in [-0.39, 0.29) is 35.9 Å². The summed E-state index contributed by atoms with van der Waals surface area (Å²) >= 11 is 0. The van der Waals surface area contributed by atoms with E-state index in [2.05, 4.69) is 0 Å². The fraction of sp³-hybridized carbons (Fsp3) is 0.583. The Bertz CT molecular complexity index is 811. The summed E-state index contributed by atoms with van der Waals surface area (Å²) in [4.78, 5) is 28.6. The Morgan fingerprint density at radius 2 is 1.86 bits per heavy atom. The molecular weight excluding hydrogens is 366 g/mol. The number of nitrogens with zero attached hydrogens (tertiary/aromatic N) is 1. The summed E-state index contributed by atoms with van der Waals surface area (Å²) in [5, 5.41) is 0. The highest BCUT2D eigenvalue weighted by atomic mass is 16.5. The van der Waals surface area contributed by atoms with Crippen LogP contribution in [0.5, 0.6) is 0 Å². The van der Waals surface area contributed by atoms with Gasteiger partial charge in [0.25, 0.3) is 5.91 Å². The van der Waals surface area contributed by atoms with E-state index in [1.807, 2.05) is 49.9 Å². The number of rotatable bonds is 6. The van der Waals surface area contributed by atoms with Crippen LogP contribution in [0.1, 0.15) is 63.1 Å². The van der Waals surface area contributed by atoms with Gasteiger partial charge < -0.3 is 14.4 Å². The number of Topliss-reactive ketones (excluding diaryl/α,β-unsaturated/α-hetero) is 1. The van der Waals surface area contributed by atoms with Crippen LogP contribution in [0.2, 0.25) is 0 Å². The highest BCUT2D eigenvalue weighted by Crippen LogP contribution is 2.46. The first-order chi connectivity index (χ1) is 14.0. The molecule has 0 spiro atoms. The molecule has 1 fully saturated rings. The second-order valence-electron chi connectivity index (χ2n) is 8.74. The van der Waals surface area contributed by atoms with Crippen molar-refractivity contribution in [1.82, 2.24) is 4.90 Å². The van der Waals surface area contributed by atoms with Crippen molar-refractivity contribution in [2.24, 2.45) is 5.92 Å². The first-order valence-corrected chi connectivity index (χ1v) is 10.9. The van der Waals surface area contributed by atoms with E-state index in [4.69, 9.17) is 9.47 Å². The molecule has 1 amide bonds. The molecule has 29 heavy (non-hydrogen) atoms. The lowest BCUT2D eigenvalue weighted by molar-refractivity contribution is -0.135. The van der Waals surface area contributed by atoms with Crippen LogP contribution in [0.15, 0.2) is 35.6 Å². The number of fused-ring (bicyclic) bond motifs is 1. The Balaban J connectivity index is 1.65. The van der Waals surface area contributed by atoms with Crippen molar-refractivity contribution in [2.45, 2.75) is 71.1 Å². The van der Waals surface area contributed by atoms with Crippen LogP contribution in [0.25, 0.3) is 0 Å². The molecule has 1 saturated carbocycles. The van der Waals surface area contributed by atoms with E-state index in [0.29, 0.717) is 24.5 Å². The third kappa shape index (κ3) is 3.85. The fourth-order valence-electron chi connectivity index (χ4n) is 4.77. The van der Waals surface area contributed by atoms with Crippen molar-refractivity contribution in [3.05, 3.63) is 46.7 Å². The quantitative estimate of drug-likeness (QED) is 0.678. The lowest BCUT2D eigenvalue weighted by Crippen LogP contribution is -2.39. The lowest BCUT2D eigenvalue weighted by Gasteiger charge is -2.35. The van der Waals surface area contributed by atoms with Crippen LogP contribution in [-0.4, -0.2) is 41.9 Å². The van der Waals surface area contributed by atoms with E-state index in [1.54, 1.807) is 0 Å². The van der Waals surface area contributed by atoms with Crippen LogP contribution >= 0.6 is 0 Å². The molecule has 3 atom stereocenters. The van der Waals surface area contributed by atoms with Gasteiger partial charge in [-0.25, -0.2) is 0 Å². The van der Waals surface area contributed by atoms with Gasteiger partial charge in [0.2, 0.25) is 0 Å². The highest BCUT2D eigenvalue weighted by Gasteiger charge is 2.51. The summed E-state index contributed by atoms with van der Waals surface area (Å²) in [6, 6.07) is 7.78. The Morgan fingerprint density at radius 1 is 1.14 bits per heavy atom. The van der Waals surface area contributed by atoms with Crippen molar-refractivity contribution in [3.8, 4) is 0 Å². The molecule has 2 heterocycles. The fourth-order valence-corrected chi connectivity index (χ4v) is 4.77. The number of carbonyl (C=O) groups excluding carboxylic acids is 2. The van der Waals surface area contributed by atoms with E-state index >= 15 is 0 Å². The van der Waals surface area contributed by atoms with Crippen LogP contribution in [0.3, 0.4) is 0 Å². The van der Waals surface area contributed by atoms with Crippen molar-refractivity contribution in [2.75, 3.05) is 13.2 Å². The number of hydrogen-bond acceptors (Lipinski definition) is 4. The predicted octanol–water partition coefficient (Wildman–Crippen LogP) is 4.11. The summed E-state index contributed by atoms with van der Waals surface area (Å²) in [5.74, 6) is 0.171. The zero-order valence-electron chi connectivity index (χ0n) is 17.6. The van der Waals surface area contributed by atoms with Gasteiger partial charge in [-0.15, -0.1) is 0 Å². The van der Waals surface area contributed by atoms with Crippen LogP contribution in [-0.2, 0) is 19.1 Å². The molecule has 156 valence electrons. The normalized spacial score (nSPS) is 26.6. The largest absolute Gasteiger partial charge is 0.483 e. The number of hydrogen-bond donors (Lipinski definition) is 0. The van der Waals surface area contributed by atoms with Gasteiger partial charge in [0.05, 0.1) is 23.6 Å². The molecule has 4 rings (SSSR count). The molecule has 0 N–H and O–H groups in total. The van der Waals surface area contributed by atoms with Gasteiger partial charge in [-0.3, -0.25) is 9.59 Å². The first-order valence-electron chi connectivity index (χ1n) is 10.9. The number of carbonyl (C=O) groups is 2. The topological polar surface area (TPSA) is 55.8 Å². The molecule has 5 heteroatoms. The molecule has 3 aliphatic rings. The summed E-state index contributed by atoms with van der Waals surface area (Å²) < 4.78 is 11.8. The monoisotopic (exact) mass is 397 g/mol. The Hall–Kier alpha value is -2.14. The molecule has 1 aromatic carbocycles. The zero-order chi connectivity index (χ0) is 20.5. The maximum Gasteiger partial charge on any atom is 0.290 e. The molecular formula is C24H31NO4. The van der Waals surface area contributed by atoms with Gasteiger partial charge in [-0.05, 0) is 52.0 Å². The highest BCUT2D eigenvalue weighted by molar-refractivity contribution is 6.11. The molecule has 0 bridgehead atoms. The van der Waals surface area contributed by atoms with Gasteiger partial charge in [0.1, 0.15) is 6.10 Å². The molecule has 1 aromatic rings.